The maximum Gasteiger partial charge on any atom is 0.303 e. The number of carboxylic acids is 1. The first-order valence-electron chi connectivity index (χ1n) is 11.9. The van der Waals surface area contributed by atoms with Crippen LogP contribution in [-0.2, 0) is 14.6 Å². The Bertz CT molecular complexity index is 1130. The lowest BCUT2D eigenvalue weighted by molar-refractivity contribution is -0.137. The van der Waals surface area contributed by atoms with Crippen molar-refractivity contribution >= 4 is 32.9 Å². The van der Waals surface area contributed by atoms with Crippen molar-refractivity contribution in [3.8, 4) is 6.07 Å². The van der Waals surface area contributed by atoms with Gasteiger partial charge in [-0.3, -0.25) is 4.79 Å². The van der Waals surface area contributed by atoms with Crippen LogP contribution in [0.2, 0.25) is 0 Å². The average Bonchev–Trinajstić information content (AvgIpc) is 2.82. The second kappa shape index (κ2) is 11.4. The number of sulfone groups is 1. The monoisotopic (exact) mass is 483 g/mol. The number of rotatable bonds is 10. The molecule has 8 heteroatoms. The number of hydrogen-bond acceptors (Lipinski definition) is 6. The number of nitrogens with zero attached hydrogens (tertiary/aromatic N) is 2. The number of hydrogen-bond donors (Lipinski definition) is 2. The Hall–Kier alpha value is -3.05. The SMILES string of the molecule is CCCN(c1ccc(C(CC)CC(=O)O)cc1Nc1ccc(C#N)cc1)C1CCS(=O)(=O)CC1. The van der Waals surface area contributed by atoms with Gasteiger partial charge in [-0.2, -0.15) is 5.26 Å². The zero-order chi connectivity index (χ0) is 24.7. The molecule has 182 valence electrons. The van der Waals surface area contributed by atoms with Crippen LogP contribution in [0.1, 0.15) is 63.0 Å². The summed E-state index contributed by atoms with van der Waals surface area (Å²) in [6, 6.07) is 15.5. The molecular formula is C26H33N3O4S. The molecular weight excluding hydrogens is 450 g/mol. The van der Waals surface area contributed by atoms with Gasteiger partial charge in [0.25, 0.3) is 0 Å². The second-order valence-corrected chi connectivity index (χ2v) is 11.2. The van der Waals surface area contributed by atoms with Crippen LogP contribution in [0.3, 0.4) is 0 Å². The van der Waals surface area contributed by atoms with Gasteiger partial charge in [0.1, 0.15) is 9.84 Å². The van der Waals surface area contributed by atoms with Gasteiger partial charge in [0.2, 0.25) is 0 Å². The number of benzene rings is 2. The minimum absolute atomic E-state index is 0.0608. The lowest BCUT2D eigenvalue weighted by atomic mass is 9.92. The standard InChI is InChI=1S/C26H33N3O4S/c1-3-13-29(23-11-14-34(32,33)15-12-23)25-10-7-21(20(4-2)17-26(30)31)16-24(25)28-22-8-5-19(18-27)6-9-22/h5-10,16,20,23,28H,3-4,11-15,17H2,1-2H3,(H,30,31). The molecule has 0 bridgehead atoms. The van der Waals surface area contributed by atoms with Crippen molar-refractivity contribution in [3.05, 3.63) is 53.6 Å². The summed E-state index contributed by atoms with van der Waals surface area (Å²) in [4.78, 5) is 13.7. The molecule has 7 nitrogen and oxygen atoms in total. The van der Waals surface area contributed by atoms with Crippen LogP contribution in [-0.4, -0.2) is 43.6 Å². The molecule has 0 amide bonds. The van der Waals surface area contributed by atoms with Gasteiger partial charge in [-0.25, -0.2) is 8.42 Å². The zero-order valence-electron chi connectivity index (χ0n) is 19.8. The van der Waals surface area contributed by atoms with Crippen molar-refractivity contribution in [2.45, 2.75) is 57.9 Å². The van der Waals surface area contributed by atoms with E-state index >= 15 is 0 Å². The Kier molecular flexibility index (Phi) is 8.56. The van der Waals surface area contributed by atoms with Gasteiger partial charge >= 0.3 is 5.97 Å². The molecule has 2 aromatic carbocycles. The van der Waals surface area contributed by atoms with Crippen molar-refractivity contribution in [2.75, 3.05) is 28.3 Å². The van der Waals surface area contributed by atoms with E-state index in [1.807, 2.05) is 37.3 Å². The van der Waals surface area contributed by atoms with Gasteiger partial charge in [0.15, 0.2) is 0 Å². The fraction of sp³-hybridized carbons (Fsp3) is 0.462. The van der Waals surface area contributed by atoms with Crippen molar-refractivity contribution in [2.24, 2.45) is 0 Å². The molecule has 34 heavy (non-hydrogen) atoms. The molecule has 1 atom stereocenters. The number of nitrogens with one attached hydrogen (secondary N) is 1. The summed E-state index contributed by atoms with van der Waals surface area (Å²) in [5, 5.41) is 21.9. The summed E-state index contributed by atoms with van der Waals surface area (Å²) >= 11 is 0. The van der Waals surface area contributed by atoms with Crippen LogP contribution in [0, 0.1) is 11.3 Å². The molecule has 2 aromatic rings. The van der Waals surface area contributed by atoms with Crippen molar-refractivity contribution in [1.29, 1.82) is 5.26 Å². The van der Waals surface area contributed by atoms with Crippen LogP contribution in [0.25, 0.3) is 0 Å². The third kappa shape index (κ3) is 6.51. The molecule has 1 unspecified atom stereocenters. The van der Waals surface area contributed by atoms with Gasteiger partial charge < -0.3 is 15.3 Å². The molecule has 1 aliphatic heterocycles. The Morgan fingerprint density at radius 1 is 1.18 bits per heavy atom. The van der Waals surface area contributed by atoms with E-state index in [0.717, 1.165) is 35.6 Å². The van der Waals surface area contributed by atoms with Crippen LogP contribution < -0.4 is 10.2 Å². The maximum absolute atomic E-state index is 12.0. The van der Waals surface area contributed by atoms with Crippen LogP contribution in [0.4, 0.5) is 17.1 Å². The largest absolute Gasteiger partial charge is 0.481 e. The first kappa shape index (κ1) is 25.6. The first-order chi connectivity index (χ1) is 16.3. The second-order valence-electron chi connectivity index (χ2n) is 8.87. The minimum atomic E-state index is -2.97. The molecule has 1 heterocycles. The highest BCUT2D eigenvalue weighted by Crippen LogP contribution is 2.37. The van der Waals surface area contributed by atoms with Gasteiger partial charge in [-0.15, -0.1) is 0 Å². The topological polar surface area (TPSA) is 110 Å². The number of aliphatic carboxylic acids is 1. The molecule has 0 aliphatic carbocycles. The third-order valence-electron chi connectivity index (χ3n) is 6.44. The summed E-state index contributed by atoms with van der Waals surface area (Å²) in [6.07, 6.45) is 2.87. The van der Waals surface area contributed by atoms with E-state index < -0.39 is 15.8 Å². The summed E-state index contributed by atoms with van der Waals surface area (Å²) in [7, 11) is -2.97. The maximum atomic E-state index is 12.0. The molecule has 0 aromatic heterocycles. The van der Waals surface area contributed by atoms with E-state index in [9.17, 15) is 18.3 Å². The summed E-state index contributed by atoms with van der Waals surface area (Å²) < 4.78 is 24.0. The molecule has 0 saturated carbocycles. The van der Waals surface area contributed by atoms with Crippen LogP contribution in [0.5, 0.6) is 0 Å². The van der Waals surface area contributed by atoms with Crippen molar-refractivity contribution < 1.29 is 18.3 Å². The number of carboxylic acid groups (broad SMARTS) is 1. The Labute approximate surface area is 202 Å². The van der Waals surface area contributed by atoms with Gasteiger partial charge in [-0.1, -0.05) is 19.9 Å². The minimum Gasteiger partial charge on any atom is -0.481 e. The highest BCUT2D eigenvalue weighted by atomic mass is 32.2. The molecule has 0 spiro atoms. The van der Waals surface area contributed by atoms with Crippen molar-refractivity contribution in [1.82, 2.24) is 0 Å². The van der Waals surface area contributed by atoms with Gasteiger partial charge in [0.05, 0.1) is 40.9 Å². The molecule has 0 radical (unpaired) electrons. The van der Waals surface area contributed by atoms with Crippen LogP contribution >= 0.6 is 0 Å². The van der Waals surface area contributed by atoms with E-state index in [-0.39, 0.29) is 29.9 Å². The van der Waals surface area contributed by atoms with Gasteiger partial charge in [0, 0.05) is 18.3 Å². The number of anilines is 3. The normalized spacial score (nSPS) is 16.4. The van der Waals surface area contributed by atoms with E-state index in [1.54, 1.807) is 12.1 Å². The number of carbonyl (C=O) groups is 1. The first-order valence-corrected chi connectivity index (χ1v) is 13.7. The van der Waals surface area contributed by atoms with E-state index in [4.69, 9.17) is 5.26 Å². The third-order valence-corrected chi connectivity index (χ3v) is 8.15. The summed E-state index contributed by atoms with van der Waals surface area (Å²) in [5.74, 6) is -0.531. The van der Waals surface area contributed by atoms with E-state index in [0.29, 0.717) is 24.8 Å². The zero-order valence-corrected chi connectivity index (χ0v) is 20.6. The predicted octanol–water partition coefficient (Wildman–Crippen LogP) is 5.06. The predicted molar refractivity (Wildman–Crippen MR) is 135 cm³/mol. The van der Waals surface area contributed by atoms with Crippen molar-refractivity contribution in [3.63, 3.8) is 0 Å². The quantitative estimate of drug-likeness (QED) is 0.486. The van der Waals surface area contributed by atoms with Crippen LogP contribution in [0.15, 0.2) is 42.5 Å². The molecule has 1 saturated heterocycles. The van der Waals surface area contributed by atoms with E-state index in [1.165, 1.54) is 0 Å². The Balaban J connectivity index is 2.01. The highest BCUT2D eigenvalue weighted by Gasteiger charge is 2.29. The molecule has 3 rings (SSSR count). The molecule has 2 N–H and O–H groups in total. The Morgan fingerprint density at radius 3 is 2.41 bits per heavy atom. The highest BCUT2D eigenvalue weighted by molar-refractivity contribution is 7.91. The van der Waals surface area contributed by atoms with E-state index in [2.05, 4.69) is 23.2 Å². The molecule has 1 fully saturated rings. The lowest BCUT2D eigenvalue weighted by Crippen LogP contribution is -2.42. The smallest absolute Gasteiger partial charge is 0.303 e. The summed E-state index contributed by atoms with van der Waals surface area (Å²) in [5.41, 5.74) is 4.18. The van der Waals surface area contributed by atoms with Gasteiger partial charge in [-0.05, 0) is 73.6 Å². The Morgan fingerprint density at radius 2 is 1.85 bits per heavy atom. The average molecular weight is 484 g/mol. The lowest BCUT2D eigenvalue weighted by Gasteiger charge is -2.37. The molecule has 1 aliphatic rings. The fourth-order valence-corrected chi connectivity index (χ4v) is 6.05. The fourth-order valence-electron chi connectivity index (χ4n) is 4.58. The summed E-state index contributed by atoms with van der Waals surface area (Å²) in [6.45, 7) is 4.88. The number of nitriles is 1.